The number of ether oxygens (including phenoxy) is 1. The Morgan fingerprint density at radius 1 is 1.03 bits per heavy atom. The Kier molecular flexibility index (Phi) is 6.56. The van der Waals surface area contributed by atoms with Crippen LogP contribution in [-0.2, 0) is 25.5 Å². The first-order valence-corrected chi connectivity index (χ1v) is 9.95. The van der Waals surface area contributed by atoms with E-state index >= 15 is 0 Å². The van der Waals surface area contributed by atoms with Crippen LogP contribution in [0.25, 0.3) is 10.2 Å². The van der Waals surface area contributed by atoms with E-state index in [9.17, 15) is 14.4 Å². The number of fused-ring (bicyclic) bond motifs is 1. The van der Waals surface area contributed by atoms with E-state index in [1.54, 1.807) is 35.6 Å². The molecule has 0 aliphatic carbocycles. The molecule has 0 aliphatic rings. The number of hydrogen-bond acceptors (Lipinski definition) is 6. The topological polar surface area (TPSA) is 97.4 Å². The van der Waals surface area contributed by atoms with Gasteiger partial charge in [-0.3, -0.25) is 14.4 Å². The number of anilines is 2. The molecular formula is C21H21N3O4S. The Bertz CT molecular complexity index is 997. The fourth-order valence-electron chi connectivity index (χ4n) is 2.63. The molecule has 29 heavy (non-hydrogen) atoms. The van der Waals surface area contributed by atoms with Crippen molar-refractivity contribution in [1.82, 2.24) is 4.98 Å². The Morgan fingerprint density at radius 3 is 2.34 bits per heavy atom. The smallest absolute Gasteiger partial charge is 0.306 e. The van der Waals surface area contributed by atoms with Crippen LogP contribution in [0.2, 0.25) is 0 Å². The molecule has 0 saturated carbocycles. The number of para-hydroxylation sites is 1. The lowest BCUT2D eigenvalue weighted by Gasteiger charge is -2.13. The maximum atomic E-state index is 12.2. The minimum absolute atomic E-state index is 0.156. The van der Waals surface area contributed by atoms with Crippen molar-refractivity contribution >= 4 is 50.7 Å². The Hall–Kier alpha value is -3.26. The molecule has 0 radical (unpaired) electrons. The molecule has 1 heterocycles. The summed E-state index contributed by atoms with van der Waals surface area (Å²) >= 11 is 1.55. The van der Waals surface area contributed by atoms with Crippen LogP contribution >= 0.6 is 11.3 Å². The van der Waals surface area contributed by atoms with Crippen molar-refractivity contribution in [2.24, 2.45) is 0 Å². The summed E-state index contributed by atoms with van der Waals surface area (Å²) in [7, 11) is 0. The van der Waals surface area contributed by atoms with Gasteiger partial charge in [-0.2, -0.15) is 0 Å². The number of nitrogens with one attached hydrogen (secondary N) is 2. The number of esters is 1. The molecule has 0 fully saturated rings. The van der Waals surface area contributed by atoms with Crippen LogP contribution in [0.15, 0.2) is 48.5 Å². The summed E-state index contributed by atoms with van der Waals surface area (Å²) in [6.07, 6.45) is -0.298. The van der Waals surface area contributed by atoms with Crippen molar-refractivity contribution in [3.8, 4) is 0 Å². The normalized spacial score (nSPS) is 11.7. The maximum Gasteiger partial charge on any atom is 0.306 e. The highest BCUT2D eigenvalue weighted by atomic mass is 32.1. The SMILES string of the molecule is CC(=O)Nc1ccc(NC(=O)C(C)OC(=O)CCc2nc3ccccc3s2)cc1. The number of carbonyl (C=O) groups is 3. The zero-order valence-electron chi connectivity index (χ0n) is 16.1. The van der Waals surface area contributed by atoms with E-state index in [0.29, 0.717) is 17.8 Å². The van der Waals surface area contributed by atoms with Crippen molar-refractivity contribution in [1.29, 1.82) is 0 Å². The van der Waals surface area contributed by atoms with Crippen LogP contribution in [0.5, 0.6) is 0 Å². The summed E-state index contributed by atoms with van der Waals surface area (Å²) in [6, 6.07) is 14.5. The van der Waals surface area contributed by atoms with Crippen LogP contribution in [0.1, 0.15) is 25.3 Å². The molecule has 7 nitrogen and oxygen atoms in total. The van der Waals surface area contributed by atoms with Gasteiger partial charge in [0.05, 0.1) is 21.6 Å². The lowest BCUT2D eigenvalue weighted by Crippen LogP contribution is -2.30. The zero-order valence-corrected chi connectivity index (χ0v) is 16.9. The number of rotatable bonds is 7. The third kappa shape index (κ3) is 5.86. The van der Waals surface area contributed by atoms with E-state index in [1.165, 1.54) is 13.8 Å². The summed E-state index contributed by atoms with van der Waals surface area (Å²) in [4.78, 5) is 39.8. The van der Waals surface area contributed by atoms with Gasteiger partial charge in [-0.25, -0.2) is 4.98 Å². The first-order valence-electron chi connectivity index (χ1n) is 9.13. The molecule has 2 amide bonds. The predicted molar refractivity (Wildman–Crippen MR) is 113 cm³/mol. The molecule has 3 aromatic rings. The molecule has 1 unspecified atom stereocenters. The van der Waals surface area contributed by atoms with E-state index in [1.807, 2.05) is 24.3 Å². The molecular weight excluding hydrogens is 390 g/mol. The van der Waals surface area contributed by atoms with Gasteiger partial charge in [-0.15, -0.1) is 11.3 Å². The monoisotopic (exact) mass is 411 g/mol. The van der Waals surface area contributed by atoms with Crippen LogP contribution in [0, 0.1) is 0 Å². The lowest BCUT2D eigenvalue weighted by molar-refractivity contribution is -0.153. The fourth-order valence-corrected chi connectivity index (χ4v) is 3.60. The molecule has 0 saturated heterocycles. The highest BCUT2D eigenvalue weighted by Gasteiger charge is 2.18. The maximum absolute atomic E-state index is 12.2. The van der Waals surface area contributed by atoms with Crippen LogP contribution in [0.4, 0.5) is 11.4 Å². The summed E-state index contributed by atoms with van der Waals surface area (Å²) in [5.41, 5.74) is 2.09. The van der Waals surface area contributed by atoms with E-state index in [2.05, 4.69) is 15.6 Å². The van der Waals surface area contributed by atoms with Gasteiger partial charge in [0.25, 0.3) is 5.91 Å². The number of benzene rings is 2. The highest BCUT2D eigenvalue weighted by molar-refractivity contribution is 7.18. The molecule has 0 spiro atoms. The Balaban J connectivity index is 1.47. The second kappa shape index (κ2) is 9.29. The number of aromatic nitrogens is 1. The van der Waals surface area contributed by atoms with E-state index < -0.39 is 18.0 Å². The Morgan fingerprint density at radius 2 is 1.69 bits per heavy atom. The third-order valence-electron chi connectivity index (χ3n) is 4.03. The minimum atomic E-state index is -0.923. The lowest BCUT2D eigenvalue weighted by atomic mass is 10.2. The van der Waals surface area contributed by atoms with Gasteiger partial charge in [-0.1, -0.05) is 12.1 Å². The minimum Gasteiger partial charge on any atom is -0.453 e. The van der Waals surface area contributed by atoms with Gasteiger partial charge >= 0.3 is 5.97 Å². The van der Waals surface area contributed by atoms with Crippen molar-refractivity contribution in [3.05, 3.63) is 53.5 Å². The van der Waals surface area contributed by atoms with Gasteiger partial charge in [0.1, 0.15) is 0 Å². The van der Waals surface area contributed by atoms with Gasteiger partial charge in [0.2, 0.25) is 5.91 Å². The molecule has 0 bridgehead atoms. The van der Waals surface area contributed by atoms with Gasteiger partial charge in [-0.05, 0) is 43.3 Å². The fraction of sp³-hybridized carbons (Fsp3) is 0.238. The van der Waals surface area contributed by atoms with Crippen LogP contribution in [0.3, 0.4) is 0 Å². The van der Waals surface area contributed by atoms with Crippen molar-refractivity contribution in [2.75, 3.05) is 10.6 Å². The van der Waals surface area contributed by atoms with Crippen LogP contribution in [-0.4, -0.2) is 28.9 Å². The highest BCUT2D eigenvalue weighted by Crippen LogP contribution is 2.22. The van der Waals surface area contributed by atoms with Crippen molar-refractivity contribution in [3.63, 3.8) is 0 Å². The van der Waals surface area contributed by atoms with Crippen LogP contribution < -0.4 is 10.6 Å². The second-order valence-electron chi connectivity index (χ2n) is 6.46. The van der Waals surface area contributed by atoms with Gasteiger partial charge in [0, 0.05) is 24.7 Å². The quantitative estimate of drug-likeness (QED) is 0.577. The number of hydrogen-bond donors (Lipinski definition) is 2. The molecule has 0 aliphatic heterocycles. The predicted octanol–water partition coefficient (Wildman–Crippen LogP) is 3.76. The van der Waals surface area contributed by atoms with E-state index in [-0.39, 0.29) is 12.3 Å². The number of aryl methyl sites for hydroxylation is 1. The summed E-state index contributed by atoms with van der Waals surface area (Å²) < 4.78 is 6.30. The standard InChI is InChI=1S/C21H21N3O4S/c1-13(21(27)23-16-9-7-15(8-10-16)22-14(2)25)28-20(26)12-11-19-24-17-5-3-4-6-18(17)29-19/h3-10,13H,11-12H2,1-2H3,(H,22,25)(H,23,27). The molecule has 2 N–H and O–H groups in total. The average Bonchev–Trinajstić information content (AvgIpc) is 3.10. The van der Waals surface area contributed by atoms with Gasteiger partial charge < -0.3 is 15.4 Å². The first-order chi connectivity index (χ1) is 13.9. The molecule has 1 atom stereocenters. The Labute approximate surface area is 172 Å². The first kappa shape index (κ1) is 20.5. The average molecular weight is 411 g/mol. The molecule has 3 rings (SSSR count). The summed E-state index contributed by atoms with van der Waals surface area (Å²) in [5, 5.41) is 6.19. The zero-order chi connectivity index (χ0) is 20.8. The number of amides is 2. The largest absolute Gasteiger partial charge is 0.453 e. The summed E-state index contributed by atoms with van der Waals surface area (Å²) in [5.74, 6) is -1.05. The van der Waals surface area contributed by atoms with E-state index in [4.69, 9.17) is 4.74 Å². The second-order valence-corrected chi connectivity index (χ2v) is 7.57. The van der Waals surface area contributed by atoms with Gasteiger partial charge in [0.15, 0.2) is 6.10 Å². The van der Waals surface area contributed by atoms with Crippen molar-refractivity contribution in [2.45, 2.75) is 32.8 Å². The number of thiazole rings is 1. The molecule has 150 valence electrons. The summed E-state index contributed by atoms with van der Waals surface area (Å²) in [6.45, 7) is 2.94. The van der Waals surface area contributed by atoms with Crippen molar-refractivity contribution < 1.29 is 19.1 Å². The van der Waals surface area contributed by atoms with E-state index in [0.717, 1.165) is 15.2 Å². The molecule has 1 aromatic heterocycles. The molecule has 2 aromatic carbocycles. The number of nitrogens with zero attached hydrogens (tertiary/aromatic N) is 1. The third-order valence-corrected chi connectivity index (χ3v) is 5.13. The molecule has 8 heteroatoms. The number of carbonyl (C=O) groups excluding carboxylic acids is 3.